The molecule has 0 aliphatic heterocycles. The molecule has 98 valence electrons. The topological polar surface area (TPSA) is 40.5 Å². The fraction of sp³-hybridized carbons (Fsp3) is 0.400. The zero-order chi connectivity index (χ0) is 13.5. The molecule has 3 nitrogen and oxygen atoms in total. The second-order valence-electron chi connectivity index (χ2n) is 4.50. The van der Waals surface area contributed by atoms with Gasteiger partial charge in [-0.05, 0) is 25.5 Å². The predicted octanol–water partition coefficient (Wildman–Crippen LogP) is 3.24. The van der Waals surface area contributed by atoms with E-state index in [9.17, 15) is 4.79 Å². The van der Waals surface area contributed by atoms with E-state index >= 15 is 0 Å². The molecule has 0 saturated carbocycles. The highest BCUT2D eigenvalue weighted by atomic mass is 16.4. The van der Waals surface area contributed by atoms with Gasteiger partial charge in [0.25, 0.3) is 0 Å². The fourth-order valence-electron chi connectivity index (χ4n) is 1.67. The summed E-state index contributed by atoms with van der Waals surface area (Å²) in [4.78, 5) is 12.8. The van der Waals surface area contributed by atoms with Gasteiger partial charge in [0.05, 0.1) is 6.42 Å². The Morgan fingerprint density at radius 1 is 1.33 bits per heavy atom. The molecule has 0 spiro atoms. The molecule has 1 rings (SSSR count). The van der Waals surface area contributed by atoms with Crippen LogP contribution in [0.1, 0.15) is 25.3 Å². The molecule has 0 bridgehead atoms. The summed E-state index contributed by atoms with van der Waals surface area (Å²) in [6.45, 7) is 9.32. The molecule has 0 amide bonds. The number of nitrogens with zero attached hydrogens (tertiary/aromatic N) is 1. The molecule has 0 aliphatic rings. The van der Waals surface area contributed by atoms with Gasteiger partial charge in [-0.25, -0.2) is 0 Å². The Morgan fingerprint density at radius 2 is 1.94 bits per heavy atom. The molecule has 0 aromatic heterocycles. The molecule has 1 aromatic rings. The van der Waals surface area contributed by atoms with E-state index in [-0.39, 0.29) is 6.42 Å². The molecule has 0 atom stereocenters. The van der Waals surface area contributed by atoms with Gasteiger partial charge >= 0.3 is 5.97 Å². The van der Waals surface area contributed by atoms with E-state index in [1.165, 1.54) is 5.56 Å². The first kappa shape index (κ1) is 14.3. The summed E-state index contributed by atoms with van der Waals surface area (Å²) in [5.41, 5.74) is 3.36. The molecular weight excluding hydrogens is 226 g/mol. The van der Waals surface area contributed by atoms with Crippen LogP contribution in [0.5, 0.6) is 0 Å². The van der Waals surface area contributed by atoms with Gasteiger partial charge in [-0.1, -0.05) is 36.8 Å². The molecule has 0 fully saturated rings. The van der Waals surface area contributed by atoms with Crippen LogP contribution in [-0.4, -0.2) is 24.2 Å². The molecule has 1 aromatic carbocycles. The molecule has 1 N–H and O–H groups in total. The van der Waals surface area contributed by atoms with Gasteiger partial charge in [0.15, 0.2) is 0 Å². The van der Waals surface area contributed by atoms with Crippen LogP contribution in [0.15, 0.2) is 36.4 Å². The number of carbonyl (C=O) groups is 1. The lowest BCUT2D eigenvalue weighted by molar-refractivity contribution is -0.136. The van der Waals surface area contributed by atoms with Crippen LogP contribution in [0.2, 0.25) is 0 Å². The minimum absolute atomic E-state index is 0.144. The average molecular weight is 247 g/mol. The summed E-state index contributed by atoms with van der Waals surface area (Å²) >= 11 is 0. The van der Waals surface area contributed by atoms with Crippen LogP contribution in [0.4, 0.5) is 5.69 Å². The number of anilines is 1. The van der Waals surface area contributed by atoms with Crippen molar-refractivity contribution in [1.82, 2.24) is 0 Å². The molecule has 0 heterocycles. The molecule has 0 aliphatic carbocycles. The van der Waals surface area contributed by atoms with Crippen LogP contribution in [-0.2, 0) is 4.79 Å². The number of hydrogen-bond donors (Lipinski definition) is 1. The van der Waals surface area contributed by atoms with Crippen molar-refractivity contribution in [3.05, 3.63) is 42.0 Å². The van der Waals surface area contributed by atoms with Gasteiger partial charge in [-0.3, -0.25) is 4.79 Å². The first-order valence-corrected chi connectivity index (χ1v) is 6.23. The fourth-order valence-corrected chi connectivity index (χ4v) is 1.67. The normalized spacial score (nSPS) is 10.1. The van der Waals surface area contributed by atoms with Crippen molar-refractivity contribution in [3.63, 3.8) is 0 Å². The number of hydrogen-bond acceptors (Lipinski definition) is 2. The number of aliphatic carboxylic acids is 1. The number of benzene rings is 1. The zero-order valence-corrected chi connectivity index (χ0v) is 11.1. The summed E-state index contributed by atoms with van der Waals surface area (Å²) in [6.07, 6.45) is 1.06. The summed E-state index contributed by atoms with van der Waals surface area (Å²) in [6, 6.07) is 8.13. The molecule has 0 unspecified atom stereocenters. The Morgan fingerprint density at radius 3 is 2.44 bits per heavy atom. The molecule has 0 saturated heterocycles. The van der Waals surface area contributed by atoms with E-state index in [0.717, 1.165) is 17.7 Å². The highest BCUT2D eigenvalue weighted by molar-refractivity contribution is 5.67. The SMILES string of the molecule is C=C(CC)CN(CCC(=O)O)c1ccc(C)cc1. The zero-order valence-electron chi connectivity index (χ0n) is 11.1. The van der Waals surface area contributed by atoms with Crippen molar-refractivity contribution < 1.29 is 9.90 Å². The minimum atomic E-state index is -0.769. The van der Waals surface area contributed by atoms with Gasteiger partial charge in [0, 0.05) is 18.8 Å². The van der Waals surface area contributed by atoms with Gasteiger partial charge in [-0.15, -0.1) is 0 Å². The Labute approximate surface area is 109 Å². The molecular formula is C15H21NO2. The minimum Gasteiger partial charge on any atom is -0.481 e. The Bertz CT molecular complexity index is 409. The Hall–Kier alpha value is -1.77. The average Bonchev–Trinajstić information content (AvgIpc) is 2.35. The first-order valence-electron chi connectivity index (χ1n) is 6.23. The van der Waals surface area contributed by atoms with Gasteiger partial charge in [0.1, 0.15) is 0 Å². The highest BCUT2D eigenvalue weighted by Gasteiger charge is 2.09. The third-order valence-corrected chi connectivity index (χ3v) is 2.91. The van der Waals surface area contributed by atoms with Crippen LogP contribution in [0.3, 0.4) is 0 Å². The monoisotopic (exact) mass is 247 g/mol. The van der Waals surface area contributed by atoms with E-state index in [0.29, 0.717) is 13.1 Å². The van der Waals surface area contributed by atoms with Crippen molar-refractivity contribution in [1.29, 1.82) is 0 Å². The van der Waals surface area contributed by atoms with E-state index in [1.807, 2.05) is 31.2 Å². The predicted molar refractivity (Wildman–Crippen MR) is 75.1 cm³/mol. The van der Waals surface area contributed by atoms with E-state index in [4.69, 9.17) is 5.11 Å². The second-order valence-corrected chi connectivity index (χ2v) is 4.50. The maximum Gasteiger partial charge on any atom is 0.305 e. The lowest BCUT2D eigenvalue weighted by Gasteiger charge is -2.25. The molecule has 18 heavy (non-hydrogen) atoms. The van der Waals surface area contributed by atoms with Crippen molar-refractivity contribution in [2.45, 2.75) is 26.7 Å². The first-order chi connectivity index (χ1) is 8.52. The lowest BCUT2D eigenvalue weighted by atomic mass is 10.1. The molecule has 0 radical (unpaired) electrons. The largest absolute Gasteiger partial charge is 0.481 e. The maximum atomic E-state index is 10.7. The lowest BCUT2D eigenvalue weighted by Crippen LogP contribution is -2.28. The van der Waals surface area contributed by atoms with E-state index in [2.05, 4.69) is 18.4 Å². The summed E-state index contributed by atoms with van der Waals surface area (Å²) in [7, 11) is 0. The van der Waals surface area contributed by atoms with Crippen LogP contribution < -0.4 is 4.90 Å². The number of rotatable bonds is 7. The summed E-state index contributed by atoms with van der Waals surface area (Å²) in [5.74, 6) is -0.769. The van der Waals surface area contributed by atoms with Crippen molar-refractivity contribution >= 4 is 11.7 Å². The number of carboxylic acids is 1. The second kappa shape index (κ2) is 6.84. The van der Waals surface area contributed by atoms with E-state index < -0.39 is 5.97 Å². The standard InChI is InChI=1S/C15H21NO2/c1-4-12(2)11-16(10-9-15(17)18)14-7-5-13(3)6-8-14/h5-8H,2,4,9-11H2,1,3H3,(H,17,18). The quantitative estimate of drug-likeness (QED) is 0.752. The van der Waals surface area contributed by atoms with Crippen molar-refractivity contribution in [2.24, 2.45) is 0 Å². The third kappa shape index (κ3) is 4.62. The maximum absolute atomic E-state index is 10.7. The third-order valence-electron chi connectivity index (χ3n) is 2.91. The van der Waals surface area contributed by atoms with Crippen LogP contribution >= 0.6 is 0 Å². The van der Waals surface area contributed by atoms with Crippen LogP contribution in [0.25, 0.3) is 0 Å². The summed E-state index contributed by atoms with van der Waals surface area (Å²) in [5, 5.41) is 8.80. The Kier molecular flexibility index (Phi) is 5.43. The molecule has 3 heteroatoms. The number of carboxylic acid groups (broad SMARTS) is 1. The number of aryl methyl sites for hydroxylation is 1. The van der Waals surface area contributed by atoms with Gasteiger partial charge in [-0.2, -0.15) is 0 Å². The van der Waals surface area contributed by atoms with Gasteiger partial charge in [0.2, 0.25) is 0 Å². The van der Waals surface area contributed by atoms with Crippen molar-refractivity contribution in [2.75, 3.05) is 18.0 Å². The smallest absolute Gasteiger partial charge is 0.305 e. The highest BCUT2D eigenvalue weighted by Crippen LogP contribution is 2.17. The van der Waals surface area contributed by atoms with Gasteiger partial charge < -0.3 is 10.0 Å². The summed E-state index contributed by atoms with van der Waals surface area (Å²) < 4.78 is 0. The van der Waals surface area contributed by atoms with Crippen LogP contribution in [0, 0.1) is 6.92 Å². The van der Waals surface area contributed by atoms with Crippen molar-refractivity contribution in [3.8, 4) is 0 Å². The van der Waals surface area contributed by atoms with E-state index in [1.54, 1.807) is 0 Å². The Balaban J connectivity index is 2.78.